The van der Waals surface area contributed by atoms with E-state index in [1.54, 1.807) is 37.5 Å². The van der Waals surface area contributed by atoms with Crippen molar-refractivity contribution in [1.29, 1.82) is 0 Å². The molecule has 1 unspecified atom stereocenters. The Balaban J connectivity index is 1.29. The number of carbonyl (C=O) groups excluding carboxylic acids is 2. The summed E-state index contributed by atoms with van der Waals surface area (Å²) in [5.41, 5.74) is 9.03. The molecule has 0 aliphatic heterocycles. The lowest BCUT2D eigenvalue weighted by atomic mass is 9.81. The van der Waals surface area contributed by atoms with Crippen molar-refractivity contribution in [1.82, 2.24) is 14.9 Å². The molecule has 0 saturated carbocycles. The molecule has 0 radical (unpaired) electrons. The van der Waals surface area contributed by atoms with Gasteiger partial charge in [-0.3, -0.25) is 14.4 Å². The fraction of sp³-hybridized carbons (Fsp3) is 0.167. The second-order valence-corrected chi connectivity index (χ2v) is 10.3. The number of nitrogen functional groups attached to an aromatic ring is 1. The van der Waals surface area contributed by atoms with Gasteiger partial charge in [-0.2, -0.15) is 0 Å². The lowest BCUT2D eigenvalue weighted by Crippen LogP contribution is -2.33. The Morgan fingerprint density at radius 2 is 1.87 bits per heavy atom. The van der Waals surface area contributed by atoms with Crippen molar-refractivity contribution < 1.29 is 9.59 Å². The first-order chi connectivity index (χ1) is 18.7. The van der Waals surface area contributed by atoms with Gasteiger partial charge in [-0.05, 0) is 43.2 Å². The van der Waals surface area contributed by atoms with Gasteiger partial charge in [0.15, 0.2) is 0 Å². The lowest BCUT2D eigenvalue weighted by molar-refractivity contribution is -0.122. The Morgan fingerprint density at radius 1 is 1.13 bits per heavy atom. The van der Waals surface area contributed by atoms with Crippen LogP contribution in [0.3, 0.4) is 0 Å². The summed E-state index contributed by atoms with van der Waals surface area (Å²) >= 11 is 6.42. The van der Waals surface area contributed by atoms with Gasteiger partial charge in [0.1, 0.15) is 11.2 Å². The van der Waals surface area contributed by atoms with Crippen LogP contribution in [-0.4, -0.2) is 27.9 Å². The molecule has 2 amide bonds. The van der Waals surface area contributed by atoms with Crippen LogP contribution in [0.15, 0.2) is 89.4 Å². The largest absolute Gasteiger partial charge is 0.397 e. The smallest absolute Gasteiger partial charge is 0.274 e. The first kappa shape index (κ1) is 26.1. The highest BCUT2D eigenvalue weighted by molar-refractivity contribution is 6.33. The quantitative estimate of drug-likeness (QED) is 0.256. The number of fused-ring (bicyclic) bond motifs is 1. The summed E-state index contributed by atoms with van der Waals surface area (Å²) in [6, 6.07) is 16.2. The number of nitrogens with two attached hydrogens (primary N) is 1. The number of amides is 2. The molecule has 1 aliphatic rings. The maximum Gasteiger partial charge on any atom is 0.274 e. The van der Waals surface area contributed by atoms with Crippen LogP contribution in [0.25, 0.3) is 22.0 Å². The molecular formula is C30H28ClN5O3. The van der Waals surface area contributed by atoms with E-state index in [4.69, 9.17) is 17.3 Å². The highest BCUT2D eigenvalue weighted by atomic mass is 35.5. The predicted molar refractivity (Wildman–Crippen MR) is 156 cm³/mol. The summed E-state index contributed by atoms with van der Waals surface area (Å²) in [4.78, 5) is 41.7. The van der Waals surface area contributed by atoms with Crippen molar-refractivity contribution >= 4 is 45.7 Å². The van der Waals surface area contributed by atoms with E-state index >= 15 is 0 Å². The number of aromatic amines is 1. The van der Waals surface area contributed by atoms with Crippen LogP contribution < -0.4 is 21.9 Å². The van der Waals surface area contributed by atoms with Gasteiger partial charge in [0.05, 0.1) is 16.8 Å². The number of halogens is 1. The Morgan fingerprint density at radius 3 is 2.59 bits per heavy atom. The second-order valence-electron chi connectivity index (χ2n) is 9.87. The van der Waals surface area contributed by atoms with Gasteiger partial charge >= 0.3 is 0 Å². The van der Waals surface area contributed by atoms with Gasteiger partial charge in [-0.25, -0.2) is 0 Å². The highest BCUT2D eigenvalue weighted by Crippen LogP contribution is 2.33. The number of nitrogens with one attached hydrogen (secondary N) is 3. The zero-order valence-electron chi connectivity index (χ0n) is 21.5. The molecule has 5 rings (SSSR count). The first-order valence-corrected chi connectivity index (χ1v) is 12.8. The van der Waals surface area contributed by atoms with Gasteiger partial charge in [-0.1, -0.05) is 60.2 Å². The maximum atomic E-state index is 13.0. The van der Waals surface area contributed by atoms with Crippen molar-refractivity contribution in [2.45, 2.75) is 13.3 Å². The van der Waals surface area contributed by atoms with Gasteiger partial charge < -0.3 is 25.9 Å². The number of para-hydroxylation sites is 2. The van der Waals surface area contributed by atoms with Crippen molar-refractivity contribution in [2.24, 2.45) is 12.5 Å². The molecular weight excluding hydrogens is 514 g/mol. The third-order valence-corrected chi connectivity index (χ3v) is 7.34. The average molecular weight is 542 g/mol. The molecule has 0 bridgehead atoms. The van der Waals surface area contributed by atoms with Crippen molar-refractivity contribution in [3.8, 4) is 11.1 Å². The van der Waals surface area contributed by atoms with Crippen LogP contribution in [-0.2, 0) is 11.8 Å². The maximum absolute atomic E-state index is 13.0. The number of aromatic nitrogens is 2. The molecule has 1 atom stereocenters. The number of hydrogen-bond donors (Lipinski definition) is 4. The van der Waals surface area contributed by atoms with E-state index in [0.29, 0.717) is 33.7 Å². The molecule has 9 heteroatoms. The van der Waals surface area contributed by atoms with Crippen molar-refractivity contribution in [2.75, 3.05) is 17.6 Å². The summed E-state index contributed by atoms with van der Waals surface area (Å²) in [5.74, 6) is -0.511. The zero-order chi connectivity index (χ0) is 27.7. The predicted octanol–water partition coefficient (Wildman–Crippen LogP) is 5.03. The minimum Gasteiger partial charge on any atom is -0.397 e. The number of hydrogen-bond acceptors (Lipinski definition) is 4. The Hall–Kier alpha value is -4.56. The number of pyridine rings is 1. The number of allylic oxidation sites excluding steroid dienone is 1. The Bertz CT molecular complexity index is 1730. The third kappa shape index (κ3) is 5.11. The number of anilines is 2. The third-order valence-electron chi connectivity index (χ3n) is 7.01. The summed E-state index contributed by atoms with van der Waals surface area (Å²) in [6.45, 7) is 2.12. The van der Waals surface area contributed by atoms with Crippen molar-refractivity contribution in [3.05, 3.63) is 106 Å². The van der Waals surface area contributed by atoms with Crippen LogP contribution in [0, 0.1) is 5.41 Å². The Labute approximate surface area is 230 Å². The number of H-pyrrole nitrogens is 1. The topological polar surface area (TPSA) is 122 Å². The minimum absolute atomic E-state index is 0.162. The van der Waals surface area contributed by atoms with Crippen LogP contribution in [0.5, 0.6) is 0 Å². The minimum atomic E-state index is -0.748. The van der Waals surface area contributed by atoms with E-state index in [1.165, 1.54) is 4.57 Å². The van der Waals surface area contributed by atoms with Crippen LogP contribution in [0.1, 0.15) is 23.8 Å². The number of aryl methyl sites for hydroxylation is 1. The molecule has 2 aromatic carbocycles. The highest BCUT2D eigenvalue weighted by Gasteiger charge is 2.31. The second kappa shape index (κ2) is 10.3. The average Bonchev–Trinajstić information content (AvgIpc) is 3.38. The van der Waals surface area contributed by atoms with Crippen molar-refractivity contribution in [3.63, 3.8) is 0 Å². The van der Waals surface area contributed by atoms with Gasteiger partial charge in [0.2, 0.25) is 5.91 Å². The fourth-order valence-electron chi connectivity index (χ4n) is 4.57. The Kier molecular flexibility index (Phi) is 6.89. The molecule has 5 N–H and O–H groups in total. The molecule has 39 heavy (non-hydrogen) atoms. The summed E-state index contributed by atoms with van der Waals surface area (Å²) in [7, 11) is 1.66. The van der Waals surface area contributed by atoms with E-state index in [2.05, 4.69) is 15.6 Å². The van der Waals surface area contributed by atoms with E-state index < -0.39 is 5.41 Å². The summed E-state index contributed by atoms with van der Waals surface area (Å²) < 4.78 is 1.47. The molecule has 0 fully saturated rings. The van der Waals surface area contributed by atoms with Gasteiger partial charge in [0, 0.05) is 41.3 Å². The number of rotatable bonds is 6. The first-order valence-electron chi connectivity index (χ1n) is 12.5. The number of carbonyl (C=O) groups is 2. The van der Waals surface area contributed by atoms with E-state index in [1.807, 2.05) is 55.5 Å². The van der Waals surface area contributed by atoms with E-state index in [0.717, 1.165) is 16.7 Å². The molecule has 8 nitrogen and oxygen atoms in total. The SMILES string of the molecule is Cn1cc(-c2ccccc2Cl)c2cc(C(=O)NCC3=CCC(C)(C(=O)Nc4ccccc4N)C=C3)[nH]c2c1=O. The number of nitrogens with zero attached hydrogens (tertiary/aromatic N) is 1. The van der Waals surface area contributed by atoms with E-state index in [9.17, 15) is 14.4 Å². The van der Waals surface area contributed by atoms with Gasteiger partial charge in [-0.15, -0.1) is 0 Å². The molecule has 198 valence electrons. The molecule has 0 saturated heterocycles. The normalized spacial score (nSPS) is 16.6. The summed E-state index contributed by atoms with van der Waals surface area (Å²) in [6.07, 6.45) is 7.81. The number of benzene rings is 2. The molecule has 0 spiro atoms. The summed E-state index contributed by atoms with van der Waals surface area (Å²) in [5, 5.41) is 6.96. The molecule has 2 heterocycles. The lowest BCUT2D eigenvalue weighted by Gasteiger charge is -2.27. The van der Waals surface area contributed by atoms with Crippen LogP contribution >= 0.6 is 11.6 Å². The van der Waals surface area contributed by atoms with Crippen LogP contribution in [0.2, 0.25) is 5.02 Å². The van der Waals surface area contributed by atoms with Gasteiger partial charge in [0.25, 0.3) is 11.5 Å². The molecule has 4 aromatic rings. The zero-order valence-corrected chi connectivity index (χ0v) is 22.3. The van der Waals surface area contributed by atoms with E-state index in [-0.39, 0.29) is 29.6 Å². The fourth-order valence-corrected chi connectivity index (χ4v) is 4.81. The monoisotopic (exact) mass is 541 g/mol. The molecule has 2 aromatic heterocycles. The molecule has 1 aliphatic carbocycles. The van der Waals surface area contributed by atoms with Crippen LogP contribution in [0.4, 0.5) is 11.4 Å². The standard InChI is InChI=1S/C30H28ClN5O3/c1-30(29(39)35-24-10-6-5-9-23(24)32)13-11-18(12-14-30)16-33-27(37)25-15-20-21(19-7-3-4-8-22(19)31)17-36(2)28(38)26(20)34-25/h3-13,15,17,34H,14,16,32H2,1-2H3,(H,33,37)(H,35,39).